The standard InChI is InChI=1S/C15H23N3O/c1-12-5-7-13(8-6-12)17-9-10-18(14(17)19)16-11-15(2,3)4/h5-8,16H,9-11H2,1-4H3. The van der Waals surface area contributed by atoms with E-state index in [0.29, 0.717) is 0 Å². The van der Waals surface area contributed by atoms with E-state index in [1.807, 2.05) is 36.1 Å². The second kappa shape index (κ2) is 5.21. The van der Waals surface area contributed by atoms with Gasteiger partial charge in [-0.15, -0.1) is 0 Å². The van der Waals surface area contributed by atoms with Crippen molar-refractivity contribution in [3.63, 3.8) is 0 Å². The van der Waals surface area contributed by atoms with E-state index in [1.165, 1.54) is 5.56 Å². The van der Waals surface area contributed by atoms with Crippen molar-refractivity contribution < 1.29 is 4.79 Å². The number of amides is 2. The Morgan fingerprint density at radius 1 is 1.16 bits per heavy atom. The number of benzene rings is 1. The molecule has 1 fully saturated rings. The van der Waals surface area contributed by atoms with Crippen molar-refractivity contribution >= 4 is 11.7 Å². The van der Waals surface area contributed by atoms with Crippen molar-refractivity contribution in [1.29, 1.82) is 0 Å². The van der Waals surface area contributed by atoms with Crippen LogP contribution in [-0.4, -0.2) is 30.7 Å². The number of hydrazine groups is 1. The first kappa shape index (κ1) is 13.9. The van der Waals surface area contributed by atoms with Gasteiger partial charge >= 0.3 is 6.03 Å². The van der Waals surface area contributed by atoms with Crippen LogP contribution in [-0.2, 0) is 0 Å². The Balaban J connectivity index is 2.00. The third-order valence-electron chi connectivity index (χ3n) is 3.15. The molecule has 1 aromatic carbocycles. The SMILES string of the molecule is Cc1ccc(N2CCN(NCC(C)(C)C)C2=O)cc1. The normalized spacial score (nSPS) is 16.3. The number of carbonyl (C=O) groups excluding carboxylic acids is 1. The number of anilines is 1. The molecule has 0 spiro atoms. The van der Waals surface area contributed by atoms with Gasteiger partial charge in [0.1, 0.15) is 0 Å². The van der Waals surface area contributed by atoms with Gasteiger partial charge in [0.15, 0.2) is 0 Å². The van der Waals surface area contributed by atoms with Crippen LogP contribution in [0.1, 0.15) is 26.3 Å². The van der Waals surface area contributed by atoms with Gasteiger partial charge in [0, 0.05) is 18.8 Å². The molecule has 0 aliphatic carbocycles. The van der Waals surface area contributed by atoms with Crippen molar-refractivity contribution in [1.82, 2.24) is 10.4 Å². The fraction of sp³-hybridized carbons (Fsp3) is 0.533. The largest absolute Gasteiger partial charge is 0.338 e. The minimum atomic E-state index is 0.0353. The highest BCUT2D eigenvalue weighted by molar-refractivity contribution is 5.93. The van der Waals surface area contributed by atoms with Gasteiger partial charge in [-0.05, 0) is 24.5 Å². The van der Waals surface area contributed by atoms with Crippen LogP contribution in [0.2, 0.25) is 0 Å². The lowest BCUT2D eigenvalue weighted by atomic mass is 9.97. The molecule has 0 unspecified atom stereocenters. The quantitative estimate of drug-likeness (QED) is 0.908. The zero-order valence-electron chi connectivity index (χ0n) is 12.2. The van der Waals surface area contributed by atoms with Gasteiger partial charge in [-0.1, -0.05) is 38.5 Å². The number of hydrogen-bond donors (Lipinski definition) is 1. The third kappa shape index (κ3) is 3.47. The van der Waals surface area contributed by atoms with E-state index >= 15 is 0 Å². The van der Waals surface area contributed by atoms with Gasteiger partial charge in [-0.2, -0.15) is 0 Å². The zero-order chi connectivity index (χ0) is 14.0. The van der Waals surface area contributed by atoms with Gasteiger partial charge in [0.05, 0.1) is 6.54 Å². The van der Waals surface area contributed by atoms with E-state index in [9.17, 15) is 4.79 Å². The summed E-state index contributed by atoms with van der Waals surface area (Å²) in [7, 11) is 0. The summed E-state index contributed by atoms with van der Waals surface area (Å²) in [6, 6.07) is 8.11. The molecule has 1 saturated heterocycles. The first-order chi connectivity index (χ1) is 8.87. The van der Waals surface area contributed by atoms with Gasteiger partial charge < -0.3 is 0 Å². The minimum absolute atomic E-state index is 0.0353. The Morgan fingerprint density at radius 2 is 1.79 bits per heavy atom. The van der Waals surface area contributed by atoms with E-state index in [0.717, 1.165) is 25.3 Å². The summed E-state index contributed by atoms with van der Waals surface area (Å²) in [5.41, 5.74) is 5.56. The van der Waals surface area contributed by atoms with Crippen LogP contribution in [0, 0.1) is 12.3 Å². The van der Waals surface area contributed by atoms with Crippen LogP contribution in [0.5, 0.6) is 0 Å². The molecule has 2 amide bonds. The molecule has 1 heterocycles. The molecule has 4 nitrogen and oxygen atoms in total. The molecular formula is C15H23N3O. The maximum Gasteiger partial charge on any atom is 0.338 e. The number of nitrogens with one attached hydrogen (secondary N) is 1. The van der Waals surface area contributed by atoms with E-state index in [1.54, 1.807) is 5.01 Å². The summed E-state index contributed by atoms with van der Waals surface area (Å²) in [5.74, 6) is 0. The second-order valence-corrected chi connectivity index (χ2v) is 6.32. The lowest BCUT2D eigenvalue weighted by Crippen LogP contribution is -2.45. The highest BCUT2D eigenvalue weighted by Crippen LogP contribution is 2.20. The molecule has 2 rings (SSSR count). The first-order valence-corrected chi connectivity index (χ1v) is 6.76. The average Bonchev–Trinajstić information content (AvgIpc) is 2.68. The Kier molecular flexibility index (Phi) is 3.80. The number of aryl methyl sites for hydroxylation is 1. The molecule has 19 heavy (non-hydrogen) atoms. The number of urea groups is 1. The number of rotatable bonds is 3. The van der Waals surface area contributed by atoms with E-state index in [2.05, 4.69) is 26.2 Å². The van der Waals surface area contributed by atoms with Crippen LogP contribution in [0.4, 0.5) is 10.5 Å². The van der Waals surface area contributed by atoms with Crippen LogP contribution in [0.3, 0.4) is 0 Å². The summed E-state index contributed by atoms with van der Waals surface area (Å²) in [6.45, 7) is 10.8. The van der Waals surface area contributed by atoms with Crippen LogP contribution in [0.25, 0.3) is 0 Å². The lowest BCUT2D eigenvalue weighted by molar-refractivity contribution is 0.182. The van der Waals surface area contributed by atoms with Crippen molar-refractivity contribution in [2.75, 3.05) is 24.5 Å². The number of carbonyl (C=O) groups is 1. The molecule has 0 aromatic heterocycles. The second-order valence-electron chi connectivity index (χ2n) is 6.32. The first-order valence-electron chi connectivity index (χ1n) is 6.76. The summed E-state index contributed by atoms with van der Waals surface area (Å²) >= 11 is 0. The third-order valence-corrected chi connectivity index (χ3v) is 3.15. The Bertz CT molecular complexity index is 447. The number of hydrogen-bond acceptors (Lipinski definition) is 2. The molecule has 1 aromatic rings. The molecule has 0 radical (unpaired) electrons. The average molecular weight is 261 g/mol. The van der Waals surface area contributed by atoms with Gasteiger partial charge in [-0.25, -0.2) is 10.2 Å². The summed E-state index contributed by atoms with van der Waals surface area (Å²) in [4.78, 5) is 14.1. The van der Waals surface area contributed by atoms with E-state index in [4.69, 9.17) is 0 Å². The van der Waals surface area contributed by atoms with E-state index < -0.39 is 0 Å². The highest BCUT2D eigenvalue weighted by Gasteiger charge is 2.30. The topological polar surface area (TPSA) is 35.6 Å². The summed E-state index contributed by atoms with van der Waals surface area (Å²) < 4.78 is 0. The smallest absolute Gasteiger partial charge is 0.291 e. The monoisotopic (exact) mass is 261 g/mol. The van der Waals surface area contributed by atoms with Crippen LogP contribution >= 0.6 is 0 Å². The molecule has 0 atom stereocenters. The van der Waals surface area contributed by atoms with Gasteiger partial charge in [0.25, 0.3) is 0 Å². The summed E-state index contributed by atoms with van der Waals surface area (Å²) in [5, 5.41) is 1.71. The fourth-order valence-corrected chi connectivity index (χ4v) is 1.98. The van der Waals surface area contributed by atoms with Crippen molar-refractivity contribution in [2.24, 2.45) is 5.41 Å². The zero-order valence-corrected chi connectivity index (χ0v) is 12.2. The maximum atomic E-state index is 12.3. The molecular weight excluding hydrogens is 238 g/mol. The molecule has 1 aliphatic heterocycles. The maximum absolute atomic E-state index is 12.3. The minimum Gasteiger partial charge on any atom is -0.291 e. The van der Waals surface area contributed by atoms with Gasteiger partial charge in [0.2, 0.25) is 0 Å². The lowest BCUT2D eigenvalue weighted by Gasteiger charge is -2.24. The summed E-state index contributed by atoms with van der Waals surface area (Å²) in [6.07, 6.45) is 0. The molecule has 1 aliphatic rings. The van der Waals surface area contributed by atoms with Crippen molar-refractivity contribution in [2.45, 2.75) is 27.7 Å². The Labute approximate surface area is 115 Å². The van der Waals surface area contributed by atoms with Crippen molar-refractivity contribution in [3.05, 3.63) is 29.8 Å². The van der Waals surface area contributed by atoms with Gasteiger partial charge in [-0.3, -0.25) is 9.91 Å². The predicted octanol–water partition coefficient (Wildman–Crippen LogP) is 2.79. The Hall–Kier alpha value is -1.55. The fourth-order valence-electron chi connectivity index (χ4n) is 1.98. The molecule has 104 valence electrons. The van der Waals surface area contributed by atoms with E-state index in [-0.39, 0.29) is 11.4 Å². The molecule has 0 bridgehead atoms. The predicted molar refractivity (Wildman–Crippen MR) is 78.1 cm³/mol. The highest BCUT2D eigenvalue weighted by atomic mass is 16.2. The molecule has 0 saturated carbocycles. The van der Waals surface area contributed by atoms with Crippen molar-refractivity contribution in [3.8, 4) is 0 Å². The molecule has 1 N–H and O–H groups in total. The molecule has 4 heteroatoms. The van der Waals surface area contributed by atoms with Crippen LogP contribution < -0.4 is 10.3 Å². The van der Waals surface area contributed by atoms with Crippen LogP contribution in [0.15, 0.2) is 24.3 Å². The number of nitrogens with zero attached hydrogens (tertiary/aromatic N) is 2. The Morgan fingerprint density at radius 3 is 2.37 bits per heavy atom.